The van der Waals surface area contributed by atoms with Crippen LogP contribution in [0.1, 0.15) is 33.3 Å². The summed E-state index contributed by atoms with van der Waals surface area (Å²) in [6, 6.07) is 16.1. The molecule has 2 rings (SSSR count). The topological polar surface area (TPSA) is 67.9 Å². The lowest BCUT2D eigenvalue weighted by atomic mass is 10.1. The molecule has 0 spiro atoms. The molecule has 0 fully saturated rings. The van der Waals surface area contributed by atoms with Crippen molar-refractivity contribution in [1.29, 1.82) is 0 Å². The van der Waals surface area contributed by atoms with Crippen LogP contribution in [0, 0.1) is 0 Å². The number of hydrogen-bond donors (Lipinski definition) is 1. The third-order valence-electron chi connectivity index (χ3n) is 4.28. The van der Waals surface area contributed by atoms with Gasteiger partial charge in [-0.25, -0.2) is 0 Å². The Kier molecular flexibility index (Phi) is 7.65. The Balaban J connectivity index is 2.16. The van der Waals surface area contributed by atoms with Gasteiger partial charge < -0.3 is 19.7 Å². The zero-order valence-corrected chi connectivity index (χ0v) is 17.8. The molecule has 0 aliphatic heterocycles. The van der Waals surface area contributed by atoms with E-state index in [1.54, 1.807) is 26.2 Å². The molecule has 0 radical (unpaired) electrons. The molecule has 0 aliphatic carbocycles. The van der Waals surface area contributed by atoms with E-state index >= 15 is 0 Å². The van der Waals surface area contributed by atoms with Crippen LogP contribution in [0.4, 0.5) is 0 Å². The van der Waals surface area contributed by atoms with E-state index in [9.17, 15) is 9.59 Å². The molecule has 156 valence electrons. The third-order valence-corrected chi connectivity index (χ3v) is 4.28. The van der Waals surface area contributed by atoms with Gasteiger partial charge in [-0.05, 0) is 45.4 Å². The Morgan fingerprint density at radius 1 is 1.00 bits per heavy atom. The zero-order chi connectivity index (χ0) is 21.4. The van der Waals surface area contributed by atoms with Gasteiger partial charge in [0.2, 0.25) is 5.91 Å². The zero-order valence-electron chi connectivity index (χ0n) is 17.8. The van der Waals surface area contributed by atoms with E-state index < -0.39 is 6.04 Å². The van der Waals surface area contributed by atoms with E-state index in [-0.39, 0.29) is 24.0 Å². The number of nitrogens with one attached hydrogen (secondary N) is 1. The van der Waals surface area contributed by atoms with Crippen molar-refractivity contribution < 1.29 is 19.1 Å². The highest BCUT2D eigenvalue weighted by atomic mass is 16.5. The van der Waals surface area contributed by atoms with Crippen molar-refractivity contribution in [3.8, 4) is 11.5 Å². The van der Waals surface area contributed by atoms with E-state index in [0.717, 1.165) is 5.56 Å². The SMILES string of the molecule is COc1ccccc1OCC(=O)N(Cc1ccccc1)C(C)C(=O)NC(C)(C)C. The van der Waals surface area contributed by atoms with E-state index in [4.69, 9.17) is 9.47 Å². The maximum absolute atomic E-state index is 13.0. The molecule has 6 heteroatoms. The first-order chi connectivity index (χ1) is 13.7. The number of nitrogens with zero attached hydrogens (tertiary/aromatic N) is 1. The van der Waals surface area contributed by atoms with Crippen molar-refractivity contribution in [2.24, 2.45) is 0 Å². The highest BCUT2D eigenvalue weighted by Crippen LogP contribution is 2.25. The van der Waals surface area contributed by atoms with Gasteiger partial charge in [0.1, 0.15) is 6.04 Å². The molecule has 1 unspecified atom stereocenters. The van der Waals surface area contributed by atoms with E-state index in [2.05, 4.69) is 5.32 Å². The minimum absolute atomic E-state index is 0.194. The molecule has 1 N–H and O–H groups in total. The van der Waals surface area contributed by atoms with Crippen LogP contribution in [0.2, 0.25) is 0 Å². The summed E-state index contributed by atoms with van der Waals surface area (Å²) >= 11 is 0. The quantitative estimate of drug-likeness (QED) is 0.740. The summed E-state index contributed by atoms with van der Waals surface area (Å²) in [7, 11) is 1.55. The fourth-order valence-corrected chi connectivity index (χ4v) is 2.80. The summed E-state index contributed by atoms with van der Waals surface area (Å²) in [5, 5.41) is 2.94. The van der Waals surface area contributed by atoms with Crippen LogP contribution in [0.15, 0.2) is 54.6 Å². The van der Waals surface area contributed by atoms with Crippen LogP contribution in [-0.2, 0) is 16.1 Å². The van der Waals surface area contributed by atoms with Gasteiger partial charge in [0.15, 0.2) is 18.1 Å². The molecule has 0 aromatic heterocycles. The summed E-state index contributed by atoms with van der Waals surface area (Å²) in [5.41, 5.74) is 0.550. The van der Waals surface area contributed by atoms with E-state index in [1.165, 1.54) is 4.90 Å². The number of amides is 2. The number of hydrogen-bond acceptors (Lipinski definition) is 4. The molecule has 1 atom stereocenters. The van der Waals surface area contributed by atoms with Crippen LogP contribution in [0.3, 0.4) is 0 Å². The van der Waals surface area contributed by atoms with Crippen molar-refractivity contribution in [3.05, 3.63) is 60.2 Å². The van der Waals surface area contributed by atoms with E-state index in [0.29, 0.717) is 18.0 Å². The fourth-order valence-electron chi connectivity index (χ4n) is 2.80. The predicted octanol–water partition coefficient (Wildman–Crippen LogP) is 3.41. The molecule has 2 aromatic carbocycles. The Morgan fingerprint density at radius 3 is 2.17 bits per heavy atom. The van der Waals surface area contributed by atoms with Crippen molar-refractivity contribution in [2.45, 2.75) is 45.8 Å². The Hall–Kier alpha value is -3.02. The maximum atomic E-state index is 13.0. The van der Waals surface area contributed by atoms with Crippen molar-refractivity contribution in [3.63, 3.8) is 0 Å². The third kappa shape index (κ3) is 6.82. The van der Waals surface area contributed by atoms with Gasteiger partial charge in [0, 0.05) is 12.1 Å². The summed E-state index contributed by atoms with van der Waals surface area (Å²) in [4.78, 5) is 27.2. The van der Waals surface area contributed by atoms with Gasteiger partial charge in [0.05, 0.1) is 7.11 Å². The summed E-state index contributed by atoms with van der Waals surface area (Å²) in [6.07, 6.45) is 0. The number of rotatable bonds is 8. The molecule has 0 aliphatic rings. The molecule has 6 nitrogen and oxygen atoms in total. The predicted molar refractivity (Wildman–Crippen MR) is 113 cm³/mol. The Labute approximate surface area is 172 Å². The normalized spacial score (nSPS) is 12.0. The maximum Gasteiger partial charge on any atom is 0.261 e. The number of carbonyl (C=O) groups excluding carboxylic acids is 2. The van der Waals surface area contributed by atoms with Crippen LogP contribution >= 0.6 is 0 Å². The van der Waals surface area contributed by atoms with Gasteiger partial charge in [-0.3, -0.25) is 9.59 Å². The minimum atomic E-state index is -0.650. The largest absolute Gasteiger partial charge is 0.493 e. The van der Waals surface area contributed by atoms with E-state index in [1.807, 2.05) is 63.2 Å². The monoisotopic (exact) mass is 398 g/mol. The number of methoxy groups -OCH3 is 1. The standard InChI is InChI=1S/C23H30N2O4/c1-17(22(27)24-23(2,3)4)25(15-18-11-7-6-8-12-18)21(26)16-29-20-14-10-9-13-19(20)28-5/h6-14,17H,15-16H2,1-5H3,(H,24,27). The average Bonchev–Trinajstić information content (AvgIpc) is 2.69. The lowest BCUT2D eigenvalue weighted by Gasteiger charge is -2.31. The van der Waals surface area contributed by atoms with Gasteiger partial charge in [-0.1, -0.05) is 42.5 Å². The van der Waals surface area contributed by atoms with Crippen LogP contribution in [-0.4, -0.2) is 42.0 Å². The van der Waals surface area contributed by atoms with Crippen LogP contribution in [0.5, 0.6) is 11.5 Å². The van der Waals surface area contributed by atoms with Gasteiger partial charge in [0.25, 0.3) is 5.91 Å². The first-order valence-corrected chi connectivity index (χ1v) is 9.62. The fraction of sp³-hybridized carbons (Fsp3) is 0.391. The van der Waals surface area contributed by atoms with Gasteiger partial charge in [-0.15, -0.1) is 0 Å². The number of ether oxygens (including phenoxy) is 2. The van der Waals surface area contributed by atoms with Crippen molar-refractivity contribution >= 4 is 11.8 Å². The Morgan fingerprint density at radius 2 is 1.59 bits per heavy atom. The van der Waals surface area contributed by atoms with Gasteiger partial charge >= 0.3 is 0 Å². The lowest BCUT2D eigenvalue weighted by molar-refractivity contribution is -0.142. The second kappa shape index (κ2) is 9.96. The summed E-state index contributed by atoms with van der Waals surface area (Å²) < 4.78 is 11.0. The molecular formula is C23H30N2O4. The van der Waals surface area contributed by atoms with Crippen molar-refractivity contribution in [2.75, 3.05) is 13.7 Å². The molecule has 0 saturated heterocycles. The minimum Gasteiger partial charge on any atom is -0.493 e. The van der Waals surface area contributed by atoms with Gasteiger partial charge in [-0.2, -0.15) is 0 Å². The molecular weight excluding hydrogens is 368 g/mol. The molecule has 29 heavy (non-hydrogen) atoms. The second-order valence-corrected chi connectivity index (χ2v) is 7.86. The number of benzene rings is 2. The molecule has 2 amide bonds. The highest BCUT2D eigenvalue weighted by Gasteiger charge is 2.28. The molecule has 0 heterocycles. The summed E-state index contributed by atoms with van der Waals surface area (Å²) in [6.45, 7) is 7.57. The summed E-state index contributed by atoms with van der Waals surface area (Å²) in [5.74, 6) is 0.540. The van der Waals surface area contributed by atoms with Crippen molar-refractivity contribution in [1.82, 2.24) is 10.2 Å². The Bertz CT molecular complexity index is 815. The van der Waals surface area contributed by atoms with Crippen LogP contribution in [0.25, 0.3) is 0 Å². The number of carbonyl (C=O) groups is 2. The molecule has 2 aromatic rings. The first-order valence-electron chi connectivity index (χ1n) is 9.62. The smallest absolute Gasteiger partial charge is 0.261 e. The molecule has 0 bridgehead atoms. The number of para-hydroxylation sites is 2. The first kappa shape index (κ1) is 22.3. The average molecular weight is 399 g/mol. The molecule has 0 saturated carbocycles. The lowest BCUT2D eigenvalue weighted by Crippen LogP contribution is -2.53. The highest BCUT2D eigenvalue weighted by molar-refractivity contribution is 5.88. The van der Waals surface area contributed by atoms with Crippen LogP contribution < -0.4 is 14.8 Å². The second-order valence-electron chi connectivity index (χ2n) is 7.86.